The molecule has 0 spiro atoms. The van der Waals surface area contributed by atoms with Gasteiger partial charge in [0.2, 0.25) is 0 Å². The van der Waals surface area contributed by atoms with Crippen molar-refractivity contribution < 1.29 is 13.9 Å². The quantitative estimate of drug-likeness (QED) is 0.687. The van der Waals surface area contributed by atoms with E-state index in [-0.39, 0.29) is 11.8 Å². The Balaban J connectivity index is 2.70. The van der Waals surface area contributed by atoms with Crippen molar-refractivity contribution in [2.24, 2.45) is 0 Å². The molecule has 0 fully saturated rings. The summed E-state index contributed by atoms with van der Waals surface area (Å²) in [5.74, 6) is -0.651. The molecule has 0 amide bonds. The lowest BCUT2D eigenvalue weighted by Crippen LogP contribution is -2.03. The van der Waals surface area contributed by atoms with E-state index in [2.05, 4.69) is 4.74 Å². The van der Waals surface area contributed by atoms with E-state index in [0.717, 1.165) is 16.3 Å². The number of carbonyl (C=O) groups excluding carboxylic acids is 1. The molecule has 82 valence electrons. The fraction of sp³-hybridized carbons (Fsp3) is 0.154. The van der Waals surface area contributed by atoms with Crippen molar-refractivity contribution in [2.75, 3.05) is 7.11 Å². The SMILES string of the molecule is COC(=O)c1ccc2cc(F)ccc2c1C. The fourth-order valence-corrected chi connectivity index (χ4v) is 1.79. The summed E-state index contributed by atoms with van der Waals surface area (Å²) >= 11 is 0. The first-order valence-electron chi connectivity index (χ1n) is 4.90. The first-order valence-corrected chi connectivity index (χ1v) is 4.90. The number of halogens is 1. The summed E-state index contributed by atoms with van der Waals surface area (Å²) in [6.45, 7) is 1.83. The van der Waals surface area contributed by atoms with Crippen LogP contribution in [0.1, 0.15) is 15.9 Å². The Morgan fingerprint density at radius 1 is 1.25 bits per heavy atom. The van der Waals surface area contributed by atoms with Crippen LogP contribution in [0.25, 0.3) is 10.8 Å². The number of methoxy groups -OCH3 is 1. The number of rotatable bonds is 1. The summed E-state index contributed by atoms with van der Waals surface area (Å²) in [6, 6.07) is 7.88. The van der Waals surface area contributed by atoms with Gasteiger partial charge in [0.1, 0.15) is 5.82 Å². The van der Waals surface area contributed by atoms with Gasteiger partial charge in [-0.2, -0.15) is 0 Å². The van der Waals surface area contributed by atoms with Gasteiger partial charge in [0.25, 0.3) is 0 Å². The Morgan fingerprint density at radius 2 is 2.00 bits per heavy atom. The summed E-state index contributed by atoms with van der Waals surface area (Å²) in [6.07, 6.45) is 0. The van der Waals surface area contributed by atoms with Gasteiger partial charge in [-0.1, -0.05) is 12.1 Å². The minimum atomic E-state index is -0.372. The largest absolute Gasteiger partial charge is 0.465 e. The van der Waals surface area contributed by atoms with Crippen LogP contribution in [0.15, 0.2) is 30.3 Å². The molecule has 0 aromatic heterocycles. The minimum Gasteiger partial charge on any atom is -0.465 e. The summed E-state index contributed by atoms with van der Waals surface area (Å²) in [7, 11) is 1.34. The zero-order valence-corrected chi connectivity index (χ0v) is 9.08. The van der Waals surface area contributed by atoms with Crippen LogP contribution < -0.4 is 0 Å². The first kappa shape index (κ1) is 10.6. The van der Waals surface area contributed by atoms with E-state index in [1.807, 2.05) is 6.92 Å². The van der Waals surface area contributed by atoms with Crippen molar-refractivity contribution in [3.05, 3.63) is 47.3 Å². The second-order valence-electron chi connectivity index (χ2n) is 3.60. The number of aryl methyl sites for hydroxylation is 1. The topological polar surface area (TPSA) is 26.3 Å². The summed E-state index contributed by atoms with van der Waals surface area (Å²) < 4.78 is 17.7. The Bertz CT molecular complexity index is 561. The van der Waals surface area contributed by atoms with Crippen LogP contribution in [0.5, 0.6) is 0 Å². The maximum Gasteiger partial charge on any atom is 0.338 e. The smallest absolute Gasteiger partial charge is 0.338 e. The third kappa shape index (κ3) is 1.65. The highest BCUT2D eigenvalue weighted by molar-refractivity contribution is 5.98. The Hall–Kier alpha value is -1.90. The fourth-order valence-electron chi connectivity index (χ4n) is 1.79. The van der Waals surface area contributed by atoms with E-state index in [4.69, 9.17) is 0 Å². The molecule has 3 heteroatoms. The molecule has 16 heavy (non-hydrogen) atoms. The van der Waals surface area contributed by atoms with Gasteiger partial charge in [-0.05, 0) is 41.5 Å². The predicted molar refractivity (Wildman–Crippen MR) is 60.0 cm³/mol. The Labute approximate surface area is 92.6 Å². The van der Waals surface area contributed by atoms with E-state index >= 15 is 0 Å². The van der Waals surface area contributed by atoms with Crippen LogP contribution in [-0.2, 0) is 4.74 Å². The van der Waals surface area contributed by atoms with Crippen molar-refractivity contribution in [2.45, 2.75) is 6.92 Å². The van der Waals surface area contributed by atoms with E-state index in [9.17, 15) is 9.18 Å². The van der Waals surface area contributed by atoms with Crippen LogP contribution in [0.3, 0.4) is 0 Å². The van der Waals surface area contributed by atoms with Crippen LogP contribution >= 0.6 is 0 Å². The van der Waals surface area contributed by atoms with Gasteiger partial charge < -0.3 is 4.74 Å². The molecule has 0 aliphatic rings. The summed E-state index contributed by atoms with van der Waals surface area (Å²) in [4.78, 5) is 11.4. The van der Waals surface area contributed by atoms with Crippen LogP contribution in [0, 0.1) is 12.7 Å². The van der Waals surface area contributed by atoms with Gasteiger partial charge >= 0.3 is 5.97 Å². The van der Waals surface area contributed by atoms with E-state index in [0.29, 0.717) is 5.56 Å². The van der Waals surface area contributed by atoms with E-state index in [1.165, 1.54) is 19.2 Å². The second-order valence-corrected chi connectivity index (χ2v) is 3.60. The molecular formula is C13H11FO2. The van der Waals surface area contributed by atoms with Crippen molar-refractivity contribution in [1.82, 2.24) is 0 Å². The zero-order chi connectivity index (χ0) is 11.7. The molecule has 2 rings (SSSR count). The van der Waals surface area contributed by atoms with Gasteiger partial charge in [-0.25, -0.2) is 9.18 Å². The summed E-state index contributed by atoms with van der Waals surface area (Å²) in [5, 5.41) is 1.65. The minimum absolute atomic E-state index is 0.280. The lowest BCUT2D eigenvalue weighted by molar-refractivity contribution is 0.0600. The third-order valence-electron chi connectivity index (χ3n) is 2.66. The molecule has 0 unspecified atom stereocenters. The Morgan fingerprint density at radius 3 is 2.69 bits per heavy atom. The van der Waals surface area contributed by atoms with Crippen molar-refractivity contribution in [3.63, 3.8) is 0 Å². The lowest BCUT2D eigenvalue weighted by Gasteiger charge is -2.07. The van der Waals surface area contributed by atoms with E-state index < -0.39 is 0 Å². The van der Waals surface area contributed by atoms with Gasteiger partial charge in [0, 0.05) is 0 Å². The average molecular weight is 218 g/mol. The van der Waals surface area contributed by atoms with Crippen molar-refractivity contribution in [1.29, 1.82) is 0 Å². The highest BCUT2D eigenvalue weighted by atomic mass is 19.1. The molecule has 0 bridgehead atoms. The van der Waals surface area contributed by atoms with Crippen LogP contribution in [0.2, 0.25) is 0 Å². The number of ether oxygens (including phenoxy) is 1. The molecule has 0 saturated heterocycles. The molecule has 2 aromatic rings. The molecule has 0 saturated carbocycles. The van der Waals surface area contributed by atoms with Gasteiger partial charge in [-0.3, -0.25) is 0 Å². The maximum atomic E-state index is 13.0. The van der Waals surface area contributed by atoms with Gasteiger partial charge in [0.15, 0.2) is 0 Å². The average Bonchev–Trinajstić information content (AvgIpc) is 2.28. The lowest BCUT2D eigenvalue weighted by atomic mass is 10.00. The van der Waals surface area contributed by atoms with Crippen LogP contribution in [-0.4, -0.2) is 13.1 Å². The molecule has 2 nitrogen and oxygen atoms in total. The van der Waals surface area contributed by atoms with Crippen LogP contribution in [0.4, 0.5) is 4.39 Å². The van der Waals surface area contributed by atoms with Gasteiger partial charge in [-0.15, -0.1) is 0 Å². The first-order chi connectivity index (χ1) is 7.63. The van der Waals surface area contributed by atoms with Crippen molar-refractivity contribution >= 4 is 16.7 Å². The normalized spacial score (nSPS) is 10.4. The molecule has 0 atom stereocenters. The number of hydrogen-bond acceptors (Lipinski definition) is 2. The number of benzene rings is 2. The second kappa shape index (κ2) is 3.93. The number of fused-ring (bicyclic) bond motifs is 1. The maximum absolute atomic E-state index is 13.0. The van der Waals surface area contributed by atoms with E-state index in [1.54, 1.807) is 18.2 Å². The number of esters is 1. The Kier molecular flexibility index (Phi) is 2.60. The highest BCUT2D eigenvalue weighted by Gasteiger charge is 2.11. The molecular weight excluding hydrogens is 207 g/mol. The monoisotopic (exact) mass is 218 g/mol. The molecule has 0 heterocycles. The standard InChI is InChI=1S/C13H11FO2/c1-8-11-6-4-10(14)7-9(11)3-5-12(8)13(15)16-2/h3-7H,1-2H3. The number of hydrogen-bond donors (Lipinski definition) is 0. The molecule has 2 aromatic carbocycles. The number of carbonyl (C=O) groups is 1. The van der Waals surface area contributed by atoms with Gasteiger partial charge in [0.05, 0.1) is 12.7 Å². The molecule has 0 N–H and O–H groups in total. The van der Waals surface area contributed by atoms with Crippen molar-refractivity contribution in [3.8, 4) is 0 Å². The predicted octanol–water partition coefficient (Wildman–Crippen LogP) is 3.07. The molecule has 0 aliphatic carbocycles. The zero-order valence-electron chi connectivity index (χ0n) is 9.08. The molecule has 0 aliphatic heterocycles. The third-order valence-corrected chi connectivity index (χ3v) is 2.66. The highest BCUT2D eigenvalue weighted by Crippen LogP contribution is 2.23. The summed E-state index contributed by atoms with van der Waals surface area (Å²) in [5.41, 5.74) is 1.32. The molecule has 0 radical (unpaired) electrons.